The summed E-state index contributed by atoms with van der Waals surface area (Å²) in [7, 11) is 1.12. The van der Waals surface area contributed by atoms with E-state index in [9.17, 15) is 19.0 Å². The van der Waals surface area contributed by atoms with Crippen molar-refractivity contribution < 1.29 is 46.8 Å². The van der Waals surface area contributed by atoms with Crippen LogP contribution in [0.15, 0.2) is 36.5 Å². The van der Waals surface area contributed by atoms with E-state index in [-0.39, 0.29) is 26.1 Å². The van der Waals surface area contributed by atoms with Crippen molar-refractivity contribution in [1.82, 2.24) is 0 Å². The molecule has 1 heterocycles. The quantitative estimate of drug-likeness (QED) is 0.0149. The van der Waals surface area contributed by atoms with Crippen molar-refractivity contribution in [1.29, 1.82) is 0 Å². The maximum absolute atomic E-state index is 12.7. The van der Waals surface area contributed by atoms with Gasteiger partial charge in [-0.3, -0.25) is 14.2 Å². The van der Waals surface area contributed by atoms with Gasteiger partial charge in [0.1, 0.15) is 19.8 Å². The van der Waals surface area contributed by atoms with E-state index < -0.39 is 32.5 Å². The van der Waals surface area contributed by atoms with Crippen LogP contribution in [0.1, 0.15) is 174 Å². The fourth-order valence-corrected chi connectivity index (χ4v) is 6.89. The molecule has 1 aliphatic heterocycles. The zero-order valence-electron chi connectivity index (χ0n) is 36.3. The summed E-state index contributed by atoms with van der Waals surface area (Å²) in [4.78, 5) is 37.5. The van der Waals surface area contributed by atoms with Crippen molar-refractivity contribution in [3.63, 3.8) is 0 Å². The predicted molar refractivity (Wildman–Crippen MR) is 226 cm³/mol. The van der Waals surface area contributed by atoms with Gasteiger partial charge in [-0.15, -0.1) is 0 Å². The summed E-state index contributed by atoms with van der Waals surface area (Å²) in [6.07, 6.45) is 39.2. The van der Waals surface area contributed by atoms with Gasteiger partial charge in [-0.2, -0.15) is 0 Å². The van der Waals surface area contributed by atoms with Crippen LogP contribution < -0.4 is 4.89 Å². The number of unbranched alkanes of at least 4 members (excludes halogenated alkanes) is 17. The number of likely N-dealkylation sites (N-methyl/N-ethyl adjacent to an activating group) is 1. The molecule has 1 saturated heterocycles. The Morgan fingerprint density at radius 1 is 0.643 bits per heavy atom. The van der Waals surface area contributed by atoms with Crippen molar-refractivity contribution in [2.45, 2.75) is 193 Å². The fourth-order valence-electron chi connectivity index (χ4n) is 6.16. The molecule has 1 aliphatic rings. The molecule has 0 aromatic heterocycles. The second kappa shape index (κ2) is 34.1. The Bertz CT molecular complexity index is 1120. The van der Waals surface area contributed by atoms with Crippen LogP contribution in [0.25, 0.3) is 0 Å². The third-order valence-corrected chi connectivity index (χ3v) is 10.8. The molecule has 0 aromatic rings. The van der Waals surface area contributed by atoms with E-state index in [2.05, 4.69) is 44.2 Å². The lowest BCUT2D eigenvalue weighted by Gasteiger charge is -2.28. The lowest BCUT2D eigenvalue weighted by atomic mass is 10.0. The van der Waals surface area contributed by atoms with E-state index >= 15 is 0 Å². The molecule has 0 N–H and O–H groups in total. The van der Waals surface area contributed by atoms with Crippen LogP contribution in [0.2, 0.25) is 0 Å². The SMILES string of the molecule is CCCCC/C=C\CC1OC1C/C=C\C/C=C\CCCC(=O)O[C@H](COC(=O)CCCCCCCCCCCCCCCC)COP(=O)([O-])OCC[N+](C)(C)C. The van der Waals surface area contributed by atoms with E-state index in [1.54, 1.807) is 0 Å². The Labute approximate surface area is 342 Å². The van der Waals surface area contributed by atoms with Crippen molar-refractivity contribution >= 4 is 19.8 Å². The molecule has 0 radical (unpaired) electrons. The summed E-state index contributed by atoms with van der Waals surface area (Å²) in [6.45, 7) is 4.12. The largest absolute Gasteiger partial charge is 0.756 e. The number of nitrogens with zero attached hydrogens (tertiary/aromatic N) is 1. The van der Waals surface area contributed by atoms with Crippen LogP contribution in [-0.4, -0.2) is 82.2 Å². The number of quaternary nitrogens is 1. The molecule has 326 valence electrons. The highest BCUT2D eigenvalue weighted by atomic mass is 31.2. The number of epoxide rings is 1. The minimum atomic E-state index is -4.64. The molecular weight excluding hydrogens is 729 g/mol. The van der Waals surface area contributed by atoms with E-state index in [0.29, 0.717) is 36.1 Å². The number of rotatable bonds is 39. The average Bonchev–Trinajstić information content (AvgIpc) is 3.90. The first kappa shape index (κ1) is 52.2. The molecule has 4 atom stereocenters. The third-order valence-electron chi connectivity index (χ3n) is 9.82. The summed E-state index contributed by atoms with van der Waals surface area (Å²) >= 11 is 0. The minimum absolute atomic E-state index is 0.0429. The van der Waals surface area contributed by atoms with Gasteiger partial charge in [0.2, 0.25) is 0 Å². The summed E-state index contributed by atoms with van der Waals surface area (Å²) in [5.41, 5.74) is 0. The van der Waals surface area contributed by atoms with Gasteiger partial charge in [-0.1, -0.05) is 147 Å². The molecule has 0 aliphatic carbocycles. The molecule has 1 rings (SSSR count). The first-order valence-corrected chi connectivity index (χ1v) is 23.8. The number of hydrogen-bond donors (Lipinski definition) is 0. The Balaban J connectivity index is 2.32. The van der Waals surface area contributed by atoms with E-state index in [0.717, 1.165) is 44.9 Å². The summed E-state index contributed by atoms with van der Waals surface area (Å²) in [5.74, 6) is -0.903. The Morgan fingerprint density at radius 2 is 1.14 bits per heavy atom. The average molecular weight is 812 g/mol. The molecule has 11 heteroatoms. The van der Waals surface area contributed by atoms with Gasteiger partial charge in [0.05, 0.1) is 40.0 Å². The Kier molecular flexibility index (Phi) is 31.8. The first-order chi connectivity index (χ1) is 27.0. The smallest absolute Gasteiger partial charge is 0.306 e. The van der Waals surface area contributed by atoms with Crippen LogP contribution >= 0.6 is 7.82 Å². The summed E-state index contributed by atoms with van der Waals surface area (Å²) in [6, 6.07) is 0. The van der Waals surface area contributed by atoms with E-state index in [1.165, 1.54) is 89.9 Å². The first-order valence-electron chi connectivity index (χ1n) is 22.3. The van der Waals surface area contributed by atoms with Gasteiger partial charge in [-0.05, 0) is 51.4 Å². The number of carbonyl (C=O) groups is 2. The highest BCUT2D eigenvalue weighted by Gasteiger charge is 2.36. The molecule has 10 nitrogen and oxygen atoms in total. The molecule has 0 aromatic carbocycles. The molecular formula is C45H82NO9P. The van der Waals surface area contributed by atoms with Gasteiger partial charge in [0.25, 0.3) is 7.82 Å². The van der Waals surface area contributed by atoms with Crippen LogP contribution in [0, 0.1) is 0 Å². The van der Waals surface area contributed by atoms with Gasteiger partial charge >= 0.3 is 11.9 Å². The second-order valence-electron chi connectivity index (χ2n) is 16.5. The normalized spacial score (nSPS) is 17.5. The van der Waals surface area contributed by atoms with E-state index in [4.69, 9.17) is 23.3 Å². The van der Waals surface area contributed by atoms with Crippen LogP contribution in [-0.2, 0) is 37.4 Å². The van der Waals surface area contributed by atoms with Crippen molar-refractivity contribution in [3.8, 4) is 0 Å². The maximum atomic E-state index is 12.7. The standard InChI is InChI=1S/C45H82NO9P/c1-6-8-10-12-14-15-16-17-18-19-20-23-27-31-35-44(47)51-39-41(40-53-56(49,50)52-38-37-46(3,4)5)54-45(48)36-32-28-24-21-22-26-30-34-43-42(55-43)33-29-25-13-11-9-7-2/h21,24-26,29-30,41-43H,6-20,22-23,27-28,31-40H2,1-5H3/b24-21-,29-25-,30-26-/t41-,42?,43?/m1/s1. The number of hydrogen-bond acceptors (Lipinski definition) is 9. The minimum Gasteiger partial charge on any atom is -0.756 e. The van der Waals surface area contributed by atoms with Crippen LogP contribution in [0.4, 0.5) is 0 Å². The number of ether oxygens (including phenoxy) is 3. The fraction of sp³-hybridized carbons (Fsp3) is 0.822. The van der Waals surface area contributed by atoms with E-state index in [1.807, 2.05) is 27.2 Å². The lowest BCUT2D eigenvalue weighted by Crippen LogP contribution is -2.37. The monoisotopic (exact) mass is 812 g/mol. The highest BCUT2D eigenvalue weighted by molar-refractivity contribution is 7.45. The molecule has 56 heavy (non-hydrogen) atoms. The number of phosphoric acid groups is 1. The number of carbonyl (C=O) groups excluding carboxylic acids is 2. The van der Waals surface area contributed by atoms with Crippen molar-refractivity contribution in [2.24, 2.45) is 0 Å². The zero-order valence-corrected chi connectivity index (χ0v) is 37.2. The zero-order chi connectivity index (χ0) is 41.2. The number of phosphoric ester groups is 1. The van der Waals surface area contributed by atoms with Gasteiger partial charge in [0.15, 0.2) is 6.10 Å². The second-order valence-corrected chi connectivity index (χ2v) is 17.9. The molecule has 0 saturated carbocycles. The Morgan fingerprint density at radius 3 is 1.75 bits per heavy atom. The van der Waals surface area contributed by atoms with Crippen molar-refractivity contribution in [3.05, 3.63) is 36.5 Å². The van der Waals surface area contributed by atoms with Crippen LogP contribution in [0.3, 0.4) is 0 Å². The van der Waals surface area contributed by atoms with Crippen molar-refractivity contribution in [2.75, 3.05) is 47.5 Å². The summed E-state index contributed by atoms with van der Waals surface area (Å²) < 4.78 is 39.6. The Hall–Kier alpha value is -1.81. The van der Waals surface area contributed by atoms with Gasteiger partial charge < -0.3 is 32.6 Å². The number of allylic oxidation sites excluding steroid dienone is 4. The molecule has 0 spiro atoms. The summed E-state index contributed by atoms with van der Waals surface area (Å²) in [5, 5.41) is 0. The molecule has 0 amide bonds. The molecule has 0 bridgehead atoms. The van der Waals surface area contributed by atoms with Gasteiger partial charge in [0, 0.05) is 12.8 Å². The number of esters is 2. The maximum Gasteiger partial charge on any atom is 0.306 e. The predicted octanol–water partition coefficient (Wildman–Crippen LogP) is 10.9. The van der Waals surface area contributed by atoms with Gasteiger partial charge in [-0.25, -0.2) is 0 Å². The molecule has 1 fully saturated rings. The van der Waals surface area contributed by atoms with Crippen LogP contribution in [0.5, 0.6) is 0 Å². The highest BCUT2D eigenvalue weighted by Crippen LogP contribution is 2.38. The molecule has 3 unspecified atom stereocenters. The third kappa shape index (κ3) is 34.3. The lowest BCUT2D eigenvalue weighted by molar-refractivity contribution is -0.870. The topological polar surface area (TPSA) is 124 Å².